The molecule has 2 rings (SSSR count). The Labute approximate surface area is 122 Å². The molecule has 1 aliphatic rings. The van der Waals surface area contributed by atoms with Crippen molar-refractivity contribution in [3.63, 3.8) is 0 Å². The minimum atomic E-state index is 0.00854. The first-order valence-corrected chi connectivity index (χ1v) is 7.79. The number of nitrogens with one attached hydrogen (secondary N) is 1. The third-order valence-corrected chi connectivity index (χ3v) is 4.56. The lowest BCUT2D eigenvalue weighted by Crippen LogP contribution is -2.28. The van der Waals surface area contributed by atoms with Gasteiger partial charge in [-0.2, -0.15) is 26.7 Å². The SMILES string of the molecule is CC(C)Oc1nc(Cl)nc(NCC2(C)CCCS2)n1. The number of halogens is 1. The third-order valence-electron chi connectivity index (χ3n) is 2.85. The Morgan fingerprint density at radius 2 is 2.21 bits per heavy atom. The lowest BCUT2D eigenvalue weighted by molar-refractivity contribution is 0.222. The third kappa shape index (κ3) is 4.38. The van der Waals surface area contributed by atoms with Crippen molar-refractivity contribution in [2.45, 2.75) is 44.5 Å². The second-order valence-electron chi connectivity index (χ2n) is 5.13. The van der Waals surface area contributed by atoms with Crippen LogP contribution in [0.15, 0.2) is 0 Å². The van der Waals surface area contributed by atoms with Crippen LogP contribution < -0.4 is 10.1 Å². The van der Waals surface area contributed by atoms with Gasteiger partial charge in [-0.1, -0.05) is 0 Å². The Morgan fingerprint density at radius 3 is 2.84 bits per heavy atom. The van der Waals surface area contributed by atoms with Gasteiger partial charge in [0, 0.05) is 11.3 Å². The molecule has 0 bridgehead atoms. The second kappa shape index (κ2) is 6.13. The van der Waals surface area contributed by atoms with Crippen molar-refractivity contribution in [2.24, 2.45) is 0 Å². The van der Waals surface area contributed by atoms with Crippen LogP contribution in [0.1, 0.15) is 33.6 Å². The number of ether oxygens (including phenoxy) is 1. The Balaban J connectivity index is 2.01. The first-order chi connectivity index (χ1) is 8.97. The van der Waals surface area contributed by atoms with Gasteiger partial charge in [0.15, 0.2) is 0 Å². The number of rotatable bonds is 5. The van der Waals surface area contributed by atoms with Crippen LogP contribution in [-0.4, -0.2) is 38.1 Å². The minimum absolute atomic E-state index is 0.00854. The molecular weight excluding hydrogens is 284 g/mol. The van der Waals surface area contributed by atoms with Gasteiger partial charge in [0.2, 0.25) is 11.2 Å². The van der Waals surface area contributed by atoms with Crippen molar-refractivity contribution in [1.29, 1.82) is 0 Å². The Bertz CT molecular complexity index is 438. The number of thioether (sulfide) groups is 1. The van der Waals surface area contributed by atoms with Gasteiger partial charge in [0.25, 0.3) is 0 Å². The maximum atomic E-state index is 5.88. The molecule has 1 unspecified atom stereocenters. The molecule has 1 N–H and O–H groups in total. The summed E-state index contributed by atoms with van der Waals surface area (Å²) in [5, 5.41) is 3.38. The van der Waals surface area contributed by atoms with Gasteiger partial charge >= 0.3 is 6.01 Å². The lowest BCUT2D eigenvalue weighted by Gasteiger charge is -2.22. The second-order valence-corrected chi connectivity index (χ2v) is 7.15. The highest BCUT2D eigenvalue weighted by atomic mass is 35.5. The number of hydrogen-bond acceptors (Lipinski definition) is 6. The van der Waals surface area contributed by atoms with Crippen molar-refractivity contribution in [1.82, 2.24) is 15.0 Å². The van der Waals surface area contributed by atoms with E-state index in [2.05, 4.69) is 27.2 Å². The molecule has 1 aliphatic heterocycles. The van der Waals surface area contributed by atoms with Gasteiger partial charge in [-0.05, 0) is 51.0 Å². The normalized spacial score (nSPS) is 22.8. The molecule has 0 saturated carbocycles. The first kappa shape index (κ1) is 14.7. The van der Waals surface area contributed by atoms with Crippen LogP contribution in [0.4, 0.5) is 5.95 Å². The van der Waals surface area contributed by atoms with E-state index in [0.717, 1.165) is 6.54 Å². The fraction of sp³-hybridized carbons (Fsp3) is 0.750. The molecule has 0 spiro atoms. The summed E-state index contributed by atoms with van der Waals surface area (Å²) in [5.74, 6) is 1.70. The fourth-order valence-corrected chi connectivity index (χ4v) is 3.31. The van der Waals surface area contributed by atoms with E-state index < -0.39 is 0 Å². The highest BCUT2D eigenvalue weighted by Gasteiger charge is 2.29. The molecule has 1 aromatic rings. The molecule has 1 aromatic heterocycles. The van der Waals surface area contributed by atoms with E-state index >= 15 is 0 Å². The smallest absolute Gasteiger partial charge is 0.322 e. The van der Waals surface area contributed by atoms with E-state index in [9.17, 15) is 0 Å². The first-order valence-electron chi connectivity index (χ1n) is 6.43. The predicted molar refractivity (Wildman–Crippen MR) is 79.2 cm³/mol. The molecule has 0 amide bonds. The van der Waals surface area contributed by atoms with Crippen LogP contribution in [0.25, 0.3) is 0 Å². The van der Waals surface area contributed by atoms with Gasteiger partial charge in [0.1, 0.15) is 0 Å². The molecule has 2 heterocycles. The summed E-state index contributed by atoms with van der Waals surface area (Å²) in [6.07, 6.45) is 2.48. The molecule has 106 valence electrons. The highest BCUT2D eigenvalue weighted by Crippen LogP contribution is 2.37. The maximum absolute atomic E-state index is 5.88. The summed E-state index contributed by atoms with van der Waals surface area (Å²) >= 11 is 7.86. The van der Waals surface area contributed by atoms with Crippen LogP contribution >= 0.6 is 23.4 Å². The quantitative estimate of drug-likeness (QED) is 0.902. The standard InChI is InChI=1S/C12H19ClN4OS/c1-8(2)18-11-16-9(13)15-10(17-11)14-7-12(3)5-4-6-19-12/h8H,4-7H2,1-3H3,(H,14,15,16,17). The van der Waals surface area contributed by atoms with Crippen LogP contribution in [0.3, 0.4) is 0 Å². The molecule has 7 heteroatoms. The summed E-state index contributed by atoms with van der Waals surface area (Å²) < 4.78 is 5.69. The Morgan fingerprint density at radius 1 is 1.42 bits per heavy atom. The topological polar surface area (TPSA) is 59.9 Å². The van der Waals surface area contributed by atoms with Crippen LogP contribution in [0, 0.1) is 0 Å². The molecule has 1 saturated heterocycles. The predicted octanol–water partition coefficient (Wildman–Crippen LogP) is 3.01. The molecule has 0 aromatic carbocycles. The average Bonchev–Trinajstić information content (AvgIpc) is 2.73. The summed E-state index contributed by atoms with van der Waals surface area (Å²) in [7, 11) is 0. The van der Waals surface area contributed by atoms with Gasteiger partial charge in [-0.15, -0.1) is 0 Å². The van der Waals surface area contributed by atoms with Gasteiger partial charge < -0.3 is 10.1 Å². The zero-order valence-corrected chi connectivity index (χ0v) is 13.0. The van der Waals surface area contributed by atoms with Gasteiger partial charge in [0.05, 0.1) is 6.10 Å². The van der Waals surface area contributed by atoms with Crippen molar-refractivity contribution >= 4 is 29.3 Å². The summed E-state index contributed by atoms with van der Waals surface area (Å²) in [4.78, 5) is 12.2. The van der Waals surface area contributed by atoms with E-state index in [1.807, 2.05) is 25.6 Å². The molecule has 0 radical (unpaired) electrons. The number of hydrogen-bond donors (Lipinski definition) is 1. The fourth-order valence-electron chi connectivity index (χ4n) is 1.92. The largest absolute Gasteiger partial charge is 0.461 e. The van der Waals surface area contributed by atoms with E-state index in [4.69, 9.17) is 16.3 Å². The summed E-state index contributed by atoms with van der Waals surface area (Å²) in [5.41, 5.74) is 0. The Kier molecular flexibility index (Phi) is 4.73. The molecule has 19 heavy (non-hydrogen) atoms. The summed E-state index contributed by atoms with van der Waals surface area (Å²) in [6.45, 7) is 6.91. The van der Waals surface area contributed by atoms with E-state index in [0.29, 0.717) is 5.95 Å². The molecule has 1 fully saturated rings. The summed E-state index contributed by atoms with van der Waals surface area (Å²) in [6, 6.07) is 0.265. The van der Waals surface area contributed by atoms with Crippen molar-refractivity contribution in [3.8, 4) is 6.01 Å². The lowest BCUT2D eigenvalue weighted by atomic mass is 10.1. The van der Waals surface area contributed by atoms with Crippen molar-refractivity contribution in [3.05, 3.63) is 5.28 Å². The van der Waals surface area contributed by atoms with Crippen LogP contribution in [0.5, 0.6) is 6.01 Å². The minimum Gasteiger partial charge on any atom is -0.461 e. The number of aromatic nitrogens is 3. The average molecular weight is 303 g/mol. The van der Waals surface area contributed by atoms with Gasteiger partial charge in [-0.25, -0.2) is 0 Å². The molecular formula is C12H19ClN4OS. The van der Waals surface area contributed by atoms with E-state index in [-0.39, 0.29) is 22.1 Å². The zero-order chi connectivity index (χ0) is 13.9. The van der Waals surface area contributed by atoms with Gasteiger partial charge in [-0.3, -0.25) is 0 Å². The van der Waals surface area contributed by atoms with Crippen molar-refractivity contribution in [2.75, 3.05) is 17.6 Å². The highest BCUT2D eigenvalue weighted by molar-refractivity contribution is 8.00. The molecule has 5 nitrogen and oxygen atoms in total. The Hall–Kier alpha value is -0.750. The van der Waals surface area contributed by atoms with Crippen LogP contribution in [-0.2, 0) is 0 Å². The molecule has 1 atom stereocenters. The molecule has 0 aliphatic carbocycles. The number of anilines is 1. The van der Waals surface area contributed by atoms with E-state index in [1.165, 1.54) is 18.6 Å². The van der Waals surface area contributed by atoms with Crippen LogP contribution in [0.2, 0.25) is 5.28 Å². The van der Waals surface area contributed by atoms with Crippen molar-refractivity contribution < 1.29 is 4.74 Å². The van der Waals surface area contributed by atoms with E-state index in [1.54, 1.807) is 0 Å². The maximum Gasteiger partial charge on any atom is 0.322 e. The number of nitrogens with zero attached hydrogens (tertiary/aromatic N) is 3. The monoisotopic (exact) mass is 302 g/mol. The zero-order valence-electron chi connectivity index (χ0n) is 11.4.